The van der Waals surface area contributed by atoms with Gasteiger partial charge in [-0.3, -0.25) is 9.59 Å². The van der Waals surface area contributed by atoms with E-state index < -0.39 is 40.0 Å². The van der Waals surface area contributed by atoms with E-state index in [-0.39, 0.29) is 43.3 Å². The van der Waals surface area contributed by atoms with Crippen LogP contribution < -0.4 is 15.0 Å². The summed E-state index contributed by atoms with van der Waals surface area (Å²) in [5.74, 6) is -0.873. The number of hydrogen-bond donors (Lipinski definition) is 2. The zero-order chi connectivity index (χ0) is 32.3. The number of sulfonamides is 1. The predicted octanol–water partition coefficient (Wildman–Crippen LogP) is 3.25. The van der Waals surface area contributed by atoms with Crippen molar-refractivity contribution in [3.8, 4) is 5.75 Å². The quantitative estimate of drug-likeness (QED) is 0.218. The third-order valence-electron chi connectivity index (χ3n) is 6.93. The molecule has 238 valence electrons. The molecule has 3 rings (SSSR count). The molecule has 1 amide bonds. The molecule has 12 heteroatoms. The fraction of sp³-hybridized carbons (Fsp3) is 0.375. The second kappa shape index (κ2) is 16.2. The Morgan fingerprint density at radius 3 is 2.34 bits per heavy atom. The van der Waals surface area contributed by atoms with Crippen molar-refractivity contribution in [2.75, 3.05) is 38.7 Å². The maximum atomic E-state index is 13.8. The monoisotopic (exact) mass is 629 g/mol. The third kappa shape index (κ3) is 9.76. The van der Waals surface area contributed by atoms with Crippen molar-refractivity contribution in [3.05, 3.63) is 90.2 Å². The summed E-state index contributed by atoms with van der Waals surface area (Å²) >= 11 is 0. The van der Waals surface area contributed by atoms with Gasteiger partial charge in [0.25, 0.3) is 12.4 Å². The van der Waals surface area contributed by atoms with Gasteiger partial charge in [0.2, 0.25) is 10.0 Å². The van der Waals surface area contributed by atoms with Gasteiger partial charge in [-0.25, -0.2) is 12.8 Å². The molecule has 0 saturated heterocycles. The molecule has 0 aliphatic heterocycles. The Balaban J connectivity index is 1.88. The summed E-state index contributed by atoms with van der Waals surface area (Å²) in [7, 11) is -1.00. The average molecular weight is 630 g/mol. The van der Waals surface area contributed by atoms with Gasteiger partial charge in [0.15, 0.2) is 6.10 Å². The van der Waals surface area contributed by atoms with Crippen LogP contribution in [-0.2, 0) is 30.8 Å². The summed E-state index contributed by atoms with van der Waals surface area (Å²) in [6, 6.07) is 19.9. The molecule has 0 aliphatic rings. The highest BCUT2D eigenvalue weighted by molar-refractivity contribution is 7.89. The van der Waals surface area contributed by atoms with E-state index in [1.807, 2.05) is 44.2 Å². The van der Waals surface area contributed by atoms with Gasteiger partial charge in [-0.05, 0) is 48.2 Å². The van der Waals surface area contributed by atoms with Gasteiger partial charge < -0.3 is 24.8 Å². The summed E-state index contributed by atoms with van der Waals surface area (Å²) in [4.78, 5) is 26.4. The normalized spacial score (nSPS) is 13.6. The van der Waals surface area contributed by atoms with E-state index in [0.29, 0.717) is 11.4 Å². The highest BCUT2D eigenvalue weighted by atomic mass is 32.2. The van der Waals surface area contributed by atoms with Gasteiger partial charge in [-0.1, -0.05) is 56.3 Å². The molecule has 0 fully saturated rings. The van der Waals surface area contributed by atoms with Crippen molar-refractivity contribution < 1.29 is 37.0 Å². The van der Waals surface area contributed by atoms with E-state index in [1.165, 1.54) is 41.7 Å². The van der Waals surface area contributed by atoms with Gasteiger partial charge in [0.1, 0.15) is 11.6 Å². The van der Waals surface area contributed by atoms with Gasteiger partial charge in [0, 0.05) is 31.9 Å². The van der Waals surface area contributed by atoms with E-state index in [2.05, 4.69) is 5.32 Å². The fourth-order valence-electron chi connectivity index (χ4n) is 4.67. The molecule has 2 N–H and O–H groups in total. The van der Waals surface area contributed by atoms with Gasteiger partial charge in [0.05, 0.1) is 30.7 Å². The fourth-order valence-corrected chi connectivity index (χ4v) is 6.33. The second-order valence-electron chi connectivity index (χ2n) is 10.8. The van der Waals surface area contributed by atoms with Crippen molar-refractivity contribution >= 4 is 28.1 Å². The molecule has 44 heavy (non-hydrogen) atoms. The van der Waals surface area contributed by atoms with Crippen LogP contribution in [0.3, 0.4) is 0 Å². The summed E-state index contributed by atoms with van der Waals surface area (Å²) in [5.41, 5.74) is 1.25. The number of nitrogens with zero attached hydrogens (tertiary/aromatic N) is 2. The number of carbonyl (C=O) groups is 2. The number of anilines is 1. The summed E-state index contributed by atoms with van der Waals surface area (Å²) < 4.78 is 52.7. The van der Waals surface area contributed by atoms with Crippen LogP contribution in [0, 0.1) is 11.7 Å². The minimum absolute atomic E-state index is 0.00757. The lowest BCUT2D eigenvalue weighted by atomic mass is 10.0. The first kappa shape index (κ1) is 34.5. The number of aliphatic hydroxyl groups is 1. The SMILES string of the molecule is COc1cccc(S(=O)(=O)N(CC(C)C)CC(O)C(Cc2ccccc2)NC(=O)C(CN(C)c2cccc(F)c2)OC=O)c1. The number of hydrogen-bond acceptors (Lipinski definition) is 8. The van der Waals surface area contributed by atoms with Crippen molar-refractivity contribution in [2.45, 2.75) is 43.4 Å². The molecule has 3 aromatic rings. The number of benzene rings is 3. The van der Waals surface area contributed by atoms with Crippen molar-refractivity contribution in [1.82, 2.24) is 9.62 Å². The van der Waals surface area contributed by atoms with E-state index in [0.717, 1.165) is 5.56 Å². The van der Waals surface area contributed by atoms with E-state index in [4.69, 9.17) is 9.47 Å². The molecule has 0 bridgehead atoms. The van der Waals surface area contributed by atoms with Crippen molar-refractivity contribution in [3.63, 3.8) is 0 Å². The lowest BCUT2D eigenvalue weighted by Gasteiger charge is -2.32. The first-order chi connectivity index (χ1) is 20.9. The maximum Gasteiger partial charge on any atom is 0.293 e. The topological polar surface area (TPSA) is 125 Å². The second-order valence-corrected chi connectivity index (χ2v) is 12.8. The van der Waals surface area contributed by atoms with E-state index in [9.17, 15) is 27.5 Å². The lowest BCUT2D eigenvalue weighted by molar-refractivity contribution is -0.145. The minimum Gasteiger partial charge on any atom is -0.497 e. The number of halogens is 1. The number of nitrogens with one attached hydrogen (secondary N) is 1. The molecule has 3 atom stereocenters. The number of ether oxygens (including phenoxy) is 2. The van der Waals surface area contributed by atoms with Crippen LogP contribution in [0.25, 0.3) is 0 Å². The Bertz CT molecular complexity index is 1470. The maximum absolute atomic E-state index is 13.8. The van der Waals surface area contributed by atoms with Crippen LogP contribution in [0.1, 0.15) is 19.4 Å². The van der Waals surface area contributed by atoms with Crippen molar-refractivity contribution in [1.29, 1.82) is 0 Å². The predicted molar refractivity (Wildman–Crippen MR) is 165 cm³/mol. The largest absolute Gasteiger partial charge is 0.497 e. The van der Waals surface area contributed by atoms with Crippen LogP contribution in [0.4, 0.5) is 10.1 Å². The Kier molecular flexibility index (Phi) is 12.7. The highest BCUT2D eigenvalue weighted by Gasteiger charge is 2.33. The Morgan fingerprint density at radius 2 is 1.70 bits per heavy atom. The van der Waals surface area contributed by atoms with Crippen LogP contribution in [0.5, 0.6) is 5.75 Å². The van der Waals surface area contributed by atoms with Crippen LogP contribution in [0.15, 0.2) is 83.8 Å². The smallest absolute Gasteiger partial charge is 0.293 e. The standard InChI is InChI=1S/C32H40FN3O7S/c1-23(2)19-36(44(40,41)28-15-9-14-27(18-28)42-4)20-30(38)29(16-24-10-6-5-7-11-24)34-32(39)31(43-22-37)21-35(3)26-13-8-12-25(33)17-26/h5-15,17-18,22-23,29-31,38H,16,19-21H2,1-4H3,(H,34,39). The number of carbonyl (C=O) groups excluding carboxylic acids is 2. The average Bonchev–Trinajstić information content (AvgIpc) is 3.00. The number of methoxy groups -OCH3 is 1. The zero-order valence-electron chi connectivity index (χ0n) is 25.3. The molecular formula is C32H40FN3O7S. The zero-order valence-corrected chi connectivity index (χ0v) is 26.1. The molecular weight excluding hydrogens is 589 g/mol. The molecule has 0 aliphatic carbocycles. The van der Waals surface area contributed by atoms with Crippen LogP contribution in [0.2, 0.25) is 0 Å². The molecule has 0 spiro atoms. The van der Waals surface area contributed by atoms with E-state index in [1.54, 1.807) is 30.1 Å². The molecule has 3 unspecified atom stereocenters. The van der Waals surface area contributed by atoms with Gasteiger partial charge in [-0.2, -0.15) is 4.31 Å². The summed E-state index contributed by atoms with van der Waals surface area (Å²) in [5, 5.41) is 14.3. The van der Waals surface area contributed by atoms with Crippen LogP contribution in [-0.4, -0.2) is 82.3 Å². The third-order valence-corrected chi connectivity index (χ3v) is 8.76. The summed E-state index contributed by atoms with van der Waals surface area (Å²) in [6.07, 6.45) is -2.50. The lowest BCUT2D eigenvalue weighted by Crippen LogP contribution is -2.54. The Labute approximate surface area is 258 Å². The molecule has 0 saturated carbocycles. The molecule has 0 aromatic heterocycles. The Morgan fingerprint density at radius 1 is 1.00 bits per heavy atom. The first-order valence-electron chi connectivity index (χ1n) is 14.2. The minimum atomic E-state index is -4.06. The van der Waals surface area contributed by atoms with Crippen molar-refractivity contribution in [2.24, 2.45) is 5.92 Å². The first-order valence-corrected chi connectivity index (χ1v) is 15.6. The molecule has 3 aromatic carbocycles. The number of likely N-dealkylation sites (N-methyl/N-ethyl adjacent to an activating group) is 1. The van der Waals surface area contributed by atoms with E-state index >= 15 is 0 Å². The van der Waals surface area contributed by atoms with Crippen LogP contribution >= 0.6 is 0 Å². The molecule has 10 nitrogen and oxygen atoms in total. The number of amides is 1. The molecule has 0 heterocycles. The Hall–Kier alpha value is -4.00. The van der Waals surface area contributed by atoms with Gasteiger partial charge in [-0.15, -0.1) is 0 Å². The molecule has 0 radical (unpaired) electrons. The number of aliphatic hydroxyl groups excluding tert-OH is 1. The van der Waals surface area contributed by atoms with Gasteiger partial charge >= 0.3 is 0 Å². The highest BCUT2D eigenvalue weighted by Crippen LogP contribution is 2.23. The number of rotatable bonds is 17. The summed E-state index contributed by atoms with van der Waals surface area (Å²) in [6.45, 7) is 3.55.